The number of hydrogen-bond donors (Lipinski definition) is 1. The number of aromatic amines is 1. The van der Waals surface area contributed by atoms with E-state index in [-0.39, 0.29) is 4.90 Å². The van der Waals surface area contributed by atoms with Crippen LogP contribution in [0, 0.1) is 11.8 Å². The molecule has 94 valence electrons. The van der Waals surface area contributed by atoms with Crippen molar-refractivity contribution in [2.75, 3.05) is 13.1 Å². The first-order chi connectivity index (χ1) is 7.93. The highest BCUT2D eigenvalue weighted by Crippen LogP contribution is 2.26. The number of aromatic nitrogens is 1. The van der Waals surface area contributed by atoms with E-state index in [1.54, 1.807) is 0 Å². The first-order valence-electron chi connectivity index (χ1n) is 5.60. The molecule has 1 saturated heterocycles. The average Bonchev–Trinajstić information content (AvgIpc) is 2.60. The fourth-order valence-corrected chi connectivity index (χ4v) is 3.69. The summed E-state index contributed by atoms with van der Waals surface area (Å²) >= 11 is 0. The van der Waals surface area contributed by atoms with Crippen LogP contribution in [-0.4, -0.2) is 30.8 Å². The minimum Gasteiger partial charge on any atom is -0.366 e. The highest BCUT2D eigenvalue weighted by molar-refractivity contribution is 7.89. The molecule has 1 fully saturated rings. The molecule has 0 radical (unpaired) electrons. The van der Waals surface area contributed by atoms with Gasteiger partial charge in [-0.3, -0.25) is 4.79 Å². The van der Waals surface area contributed by atoms with Crippen molar-refractivity contribution in [2.24, 2.45) is 11.8 Å². The van der Waals surface area contributed by atoms with E-state index in [9.17, 15) is 13.2 Å². The van der Waals surface area contributed by atoms with Gasteiger partial charge in [0.05, 0.1) is 0 Å². The zero-order valence-corrected chi connectivity index (χ0v) is 10.7. The molecule has 2 heterocycles. The molecular weight excluding hydrogens is 240 g/mol. The van der Waals surface area contributed by atoms with Crippen molar-refractivity contribution >= 4 is 10.0 Å². The molecule has 1 N–H and O–H groups in total. The number of nitrogens with zero attached hydrogens (tertiary/aromatic N) is 1. The van der Waals surface area contributed by atoms with Crippen LogP contribution in [0.2, 0.25) is 0 Å². The number of pyridine rings is 1. The van der Waals surface area contributed by atoms with Crippen molar-refractivity contribution in [1.29, 1.82) is 0 Å². The van der Waals surface area contributed by atoms with Crippen LogP contribution in [0.25, 0.3) is 0 Å². The molecule has 0 saturated carbocycles. The van der Waals surface area contributed by atoms with Gasteiger partial charge in [-0.25, -0.2) is 8.42 Å². The van der Waals surface area contributed by atoms with Gasteiger partial charge < -0.3 is 4.98 Å². The predicted molar refractivity (Wildman–Crippen MR) is 64.1 cm³/mol. The Balaban J connectivity index is 2.39. The van der Waals surface area contributed by atoms with Crippen molar-refractivity contribution in [3.63, 3.8) is 0 Å². The van der Waals surface area contributed by atoms with E-state index in [0.717, 1.165) is 0 Å². The van der Waals surface area contributed by atoms with Gasteiger partial charge in [0.25, 0.3) is 0 Å². The molecule has 5 nitrogen and oxygen atoms in total. The van der Waals surface area contributed by atoms with Crippen molar-refractivity contribution < 1.29 is 8.42 Å². The summed E-state index contributed by atoms with van der Waals surface area (Å²) in [4.78, 5) is 14.0. The molecule has 0 amide bonds. The highest BCUT2D eigenvalue weighted by Gasteiger charge is 2.35. The molecule has 0 bridgehead atoms. The second-order valence-electron chi connectivity index (χ2n) is 4.65. The van der Waals surface area contributed by atoms with Crippen LogP contribution in [0.4, 0.5) is 0 Å². The first-order valence-corrected chi connectivity index (χ1v) is 7.04. The molecule has 0 spiro atoms. The Kier molecular flexibility index (Phi) is 3.09. The molecule has 1 aromatic rings. The minimum absolute atomic E-state index is 0.165. The summed E-state index contributed by atoms with van der Waals surface area (Å²) < 4.78 is 25.9. The van der Waals surface area contributed by atoms with Crippen molar-refractivity contribution in [3.8, 4) is 0 Å². The fourth-order valence-electron chi connectivity index (χ4n) is 2.01. The Bertz CT molecular complexity index is 554. The van der Waals surface area contributed by atoms with Gasteiger partial charge in [-0.05, 0) is 11.8 Å². The van der Waals surface area contributed by atoms with E-state index in [1.165, 1.54) is 22.8 Å². The smallest absolute Gasteiger partial charge is 0.248 e. The molecule has 2 atom stereocenters. The summed E-state index contributed by atoms with van der Waals surface area (Å²) in [6, 6.07) is 1.23. The van der Waals surface area contributed by atoms with Gasteiger partial charge in [0, 0.05) is 31.5 Å². The normalized spacial score (nSPS) is 26.2. The van der Waals surface area contributed by atoms with E-state index in [0.29, 0.717) is 24.9 Å². The third kappa shape index (κ3) is 2.14. The van der Waals surface area contributed by atoms with Crippen LogP contribution in [-0.2, 0) is 10.0 Å². The molecule has 17 heavy (non-hydrogen) atoms. The molecule has 0 aliphatic carbocycles. The Morgan fingerprint density at radius 1 is 1.29 bits per heavy atom. The van der Waals surface area contributed by atoms with Crippen LogP contribution in [0.5, 0.6) is 0 Å². The third-order valence-corrected chi connectivity index (χ3v) is 5.21. The lowest BCUT2D eigenvalue weighted by Gasteiger charge is -2.15. The van der Waals surface area contributed by atoms with Crippen molar-refractivity contribution in [2.45, 2.75) is 18.7 Å². The monoisotopic (exact) mass is 256 g/mol. The van der Waals surface area contributed by atoms with Gasteiger partial charge in [-0.1, -0.05) is 13.8 Å². The molecular formula is C11H16N2O3S. The first kappa shape index (κ1) is 12.3. The van der Waals surface area contributed by atoms with E-state index < -0.39 is 15.5 Å². The summed E-state index contributed by atoms with van der Waals surface area (Å²) in [5, 5.41) is 0. The van der Waals surface area contributed by atoms with E-state index in [4.69, 9.17) is 0 Å². The summed E-state index contributed by atoms with van der Waals surface area (Å²) in [5.74, 6) is 0.653. The SMILES string of the molecule is CC1CN(S(=O)(=O)c2c[nH]ccc2=O)CC1C. The molecule has 6 heteroatoms. The molecule has 1 aliphatic heterocycles. The molecule has 1 aliphatic rings. The zero-order valence-electron chi connectivity index (χ0n) is 9.88. The van der Waals surface area contributed by atoms with Crippen LogP contribution in [0.3, 0.4) is 0 Å². The molecule has 2 unspecified atom stereocenters. The van der Waals surface area contributed by atoms with Gasteiger partial charge in [0.2, 0.25) is 15.5 Å². The van der Waals surface area contributed by atoms with Crippen LogP contribution >= 0.6 is 0 Å². The number of rotatable bonds is 2. The average molecular weight is 256 g/mol. The molecule has 2 rings (SSSR count). The number of hydrogen-bond acceptors (Lipinski definition) is 3. The summed E-state index contributed by atoms with van der Waals surface area (Å²) in [7, 11) is -3.65. The lowest BCUT2D eigenvalue weighted by molar-refractivity contribution is 0.462. The minimum atomic E-state index is -3.65. The van der Waals surface area contributed by atoms with Gasteiger partial charge in [-0.2, -0.15) is 4.31 Å². The Morgan fingerprint density at radius 3 is 2.41 bits per heavy atom. The maximum absolute atomic E-state index is 12.3. The maximum Gasteiger partial charge on any atom is 0.248 e. The van der Waals surface area contributed by atoms with Gasteiger partial charge in [0.1, 0.15) is 4.90 Å². The largest absolute Gasteiger partial charge is 0.366 e. The summed E-state index contributed by atoms with van der Waals surface area (Å²) in [6.45, 7) is 5.01. The topological polar surface area (TPSA) is 70.2 Å². The van der Waals surface area contributed by atoms with Gasteiger partial charge in [-0.15, -0.1) is 0 Å². The quantitative estimate of drug-likeness (QED) is 0.844. The van der Waals surface area contributed by atoms with Crippen LogP contribution in [0.1, 0.15) is 13.8 Å². The number of sulfonamides is 1. The third-order valence-electron chi connectivity index (χ3n) is 3.36. The van der Waals surface area contributed by atoms with Gasteiger partial charge >= 0.3 is 0 Å². The fraction of sp³-hybridized carbons (Fsp3) is 0.545. The predicted octanol–water partition coefficient (Wildman–Crippen LogP) is 0.651. The Morgan fingerprint density at radius 2 is 1.88 bits per heavy atom. The van der Waals surface area contributed by atoms with E-state index in [1.807, 2.05) is 13.8 Å². The second-order valence-corrected chi connectivity index (χ2v) is 6.56. The molecule has 1 aromatic heterocycles. The van der Waals surface area contributed by atoms with Crippen LogP contribution < -0.4 is 5.43 Å². The summed E-state index contributed by atoms with van der Waals surface area (Å²) in [6.07, 6.45) is 2.68. The maximum atomic E-state index is 12.3. The lowest BCUT2D eigenvalue weighted by atomic mass is 10.0. The van der Waals surface area contributed by atoms with E-state index >= 15 is 0 Å². The highest BCUT2D eigenvalue weighted by atomic mass is 32.2. The van der Waals surface area contributed by atoms with Crippen molar-refractivity contribution in [1.82, 2.24) is 9.29 Å². The lowest BCUT2D eigenvalue weighted by Crippen LogP contribution is -2.32. The second kappa shape index (κ2) is 4.27. The van der Waals surface area contributed by atoms with Crippen LogP contribution in [0.15, 0.2) is 28.2 Å². The standard InChI is InChI=1S/C11H16N2O3S/c1-8-6-13(7-9(8)2)17(15,16)11-5-12-4-3-10(11)14/h3-5,8-9H,6-7H2,1-2H3,(H,12,14). The van der Waals surface area contributed by atoms with Gasteiger partial charge in [0.15, 0.2) is 0 Å². The van der Waals surface area contributed by atoms with E-state index in [2.05, 4.69) is 4.98 Å². The Hall–Kier alpha value is -1.14. The van der Waals surface area contributed by atoms with Crippen molar-refractivity contribution in [3.05, 3.63) is 28.7 Å². The Labute approximate surface area is 101 Å². The molecule has 0 aromatic carbocycles. The summed E-state index contributed by atoms with van der Waals surface area (Å²) in [5.41, 5.74) is -0.462. The number of nitrogens with one attached hydrogen (secondary N) is 1. The zero-order chi connectivity index (χ0) is 12.6. The number of H-pyrrole nitrogens is 1.